The molecule has 0 amide bonds. The lowest BCUT2D eigenvalue weighted by Crippen LogP contribution is -2.16. The Bertz CT molecular complexity index is 131. The Labute approximate surface area is 96.6 Å². The Hall–Kier alpha value is -0.0400. The maximum atomic E-state index is 5.74. The molecule has 0 aromatic heterocycles. The van der Waals surface area contributed by atoms with Crippen LogP contribution in [0.4, 0.5) is 0 Å². The van der Waals surface area contributed by atoms with Crippen LogP contribution in [-0.2, 0) is 4.74 Å². The van der Waals surface area contributed by atoms with Gasteiger partial charge in [0.05, 0.1) is 6.10 Å². The van der Waals surface area contributed by atoms with Gasteiger partial charge in [-0.3, -0.25) is 0 Å². The summed E-state index contributed by atoms with van der Waals surface area (Å²) in [7, 11) is 0. The van der Waals surface area contributed by atoms with Gasteiger partial charge < -0.3 is 4.74 Å². The first-order chi connectivity index (χ1) is 7.10. The lowest BCUT2D eigenvalue weighted by molar-refractivity contribution is 0.0422. The quantitative estimate of drug-likeness (QED) is 0.542. The Morgan fingerprint density at radius 2 is 1.53 bits per heavy atom. The average molecular weight is 214 g/mol. The topological polar surface area (TPSA) is 9.23 Å². The smallest absolute Gasteiger partial charge is 0.0519 e. The molecule has 2 unspecified atom stereocenters. The van der Waals surface area contributed by atoms with E-state index in [2.05, 4.69) is 34.6 Å². The van der Waals surface area contributed by atoms with E-state index in [1.165, 1.54) is 32.1 Å². The number of hydrogen-bond donors (Lipinski definition) is 0. The Morgan fingerprint density at radius 1 is 0.933 bits per heavy atom. The third-order valence-electron chi connectivity index (χ3n) is 2.88. The van der Waals surface area contributed by atoms with E-state index in [1.54, 1.807) is 0 Å². The first-order valence-corrected chi connectivity index (χ1v) is 6.71. The summed E-state index contributed by atoms with van der Waals surface area (Å²) in [6, 6.07) is 0. The number of hydrogen-bond acceptors (Lipinski definition) is 1. The van der Waals surface area contributed by atoms with E-state index in [9.17, 15) is 0 Å². The largest absolute Gasteiger partial charge is 0.379 e. The Balaban J connectivity index is 3.80. The van der Waals surface area contributed by atoms with Crippen LogP contribution in [0.15, 0.2) is 0 Å². The van der Waals surface area contributed by atoms with Gasteiger partial charge >= 0.3 is 0 Å². The van der Waals surface area contributed by atoms with Crippen LogP contribution in [0.1, 0.15) is 66.7 Å². The predicted molar refractivity (Wildman–Crippen MR) is 68.2 cm³/mol. The van der Waals surface area contributed by atoms with Gasteiger partial charge in [0.2, 0.25) is 0 Å². The van der Waals surface area contributed by atoms with E-state index in [0.717, 1.165) is 18.4 Å². The van der Waals surface area contributed by atoms with Gasteiger partial charge in [-0.2, -0.15) is 0 Å². The molecule has 1 heteroatoms. The minimum absolute atomic E-state index is 0.380. The highest BCUT2D eigenvalue weighted by molar-refractivity contribution is 4.63. The monoisotopic (exact) mass is 214 g/mol. The fraction of sp³-hybridized carbons (Fsp3) is 1.00. The molecule has 0 bridgehead atoms. The van der Waals surface area contributed by atoms with E-state index in [4.69, 9.17) is 4.74 Å². The zero-order valence-electron chi connectivity index (χ0n) is 11.4. The second-order valence-electron chi connectivity index (χ2n) is 5.17. The van der Waals surface area contributed by atoms with Gasteiger partial charge in [0.1, 0.15) is 0 Å². The van der Waals surface area contributed by atoms with E-state index in [1.807, 2.05) is 0 Å². The van der Waals surface area contributed by atoms with Gasteiger partial charge in [0.25, 0.3) is 0 Å². The molecule has 0 aromatic rings. The van der Waals surface area contributed by atoms with Crippen LogP contribution in [0.25, 0.3) is 0 Å². The minimum Gasteiger partial charge on any atom is -0.379 e. The molecule has 0 N–H and O–H groups in total. The highest BCUT2D eigenvalue weighted by Crippen LogP contribution is 2.21. The molecule has 0 saturated heterocycles. The second kappa shape index (κ2) is 9.21. The molecule has 0 aliphatic rings. The summed E-state index contributed by atoms with van der Waals surface area (Å²) >= 11 is 0. The Morgan fingerprint density at radius 3 is 2.00 bits per heavy atom. The zero-order chi connectivity index (χ0) is 11.7. The lowest BCUT2D eigenvalue weighted by atomic mass is 9.90. The van der Waals surface area contributed by atoms with Crippen molar-refractivity contribution in [3.8, 4) is 0 Å². The molecule has 0 aromatic carbocycles. The normalized spacial score (nSPS) is 15.6. The number of rotatable bonds is 9. The highest BCUT2D eigenvalue weighted by Gasteiger charge is 2.13. The summed E-state index contributed by atoms with van der Waals surface area (Å²) in [5.41, 5.74) is 0. The molecule has 92 valence electrons. The van der Waals surface area contributed by atoms with Crippen LogP contribution < -0.4 is 0 Å². The third-order valence-corrected chi connectivity index (χ3v) is 2.88. The van der Waals surface area contributed by atoms with E-state index in [0.29, 0.717) is 6.10 Å². The van der Waals surface area contributed by atoms with Crippen LogP contribution in [-0.4, -0.2) is 12.7 Å². The minimum atomic E-state index is 0.380. The van der Waals surface area contributed by atoms with Crippen molar-refractivity contribution in [3.05, 3.63) is 0 Å². The molecule has 0 aliphatic carbocycles. The van der Waals surface area contributed by atoms with Crippen molar-refractivity contribution in [2.75, 3.05) is 6.61 Å². The summed E-state index contributed by atoms with van der Waals surface area (Å²) in [5, 5.41) is 0. The highest BCUT2D eigenvalue weighted by atomic mass is 16.5. The van der Waals surface area contributed by atoms with Crippen LogP contribution in [0.3, 0.4) is 0 Å². The summed E-state index contributed by atoms with van der Waals surface area (Å²) in [6.07, 6.45) is 7.00. The maximum Gasteiger partial charge on any atom is 0.0519 e. The van der Waals surface area contributed by atoms with Crippen molar-refractivity contribution in [1.82, 2.24) is 0 Å². The summed E-state index contributed by atoms with van der Waals surface area (Å²) in [6.45, 7) is 12.1. The lowest BCUT2D eigenvalue weighted by Gasteiger charge is -2.21. The average Bonchev–Trinajstić information content (AvgIpc) is 2.15. The van der Waals surface area contributed by atoms with Crippen molar-refractivity contribution in [3.63, 3.8) is 0 Å². The van der Waals surface area contributed by atoms with Crippen molar-refractivity contribution >= 4 is 0 Å². The Kier molecular flexibility index (Phi) is 9.18. The summed E-state index contributed by atoms with van der Waals surface area (Å²) in [4.78, 5) is 0. The van der Waals surface area contributed by atoms with Crippen molar-refractivity contribution < 1.29 is 4.74 Å². The van der Waals surface area contributed by atoms with Crippen LogP contribution in [0.2, 0.25) is 0 Å². The molecule has 0 aliphatic heterocycles. The molecule has 0 rings (SSSR count). The van der Waals surface area contributed by atoms with Gasteiger partial charge in [-0.05, 0) is 38.5 Å². The standard InChI is InChI=1S/C14H30O/c1-6-8-13(5)10-14(9-7-2)11-15-12(3)4/h12-14H,6-11H2,1-5H3. The SMILES string of the molecule is CCCC(C)CC(CCC)COC(C)C. The molecule has 0 radical (unpaired) electrons. The molecular weight excluding hydrogens is 184 g/mol. The van der Waals surface area contributed by atoms with Crippen LogP contribution >= 0.6 is 0 Å². The summed E-state index contributed by atoms with van der Waals surface area (Å²) < 4.78 is 5.74. The van der Waals surface area contributed by atoms with Gasteiger partial charge in [0.15, 0.2) is 0 Å². The molecule has 15 heavy (non-hydrogen) atoms. The van der Waals surface area contributed by atoms with E-state index < -0.39 is 0 Å². The van der Waals surface area contributed by atoms with Gasteiger partial charge in [0, 0.05) is 6.61 Å². The first-order valence-electron chi connectivity index (χ1n) is 6.71. The molecule has 0 saturated carbocycles. The molecule has 0 fully saturated rings. The number of ether oxygens (including phenoxy) is 1. The molecule has 0 spiro atoms. The van der Waals surface area contributed by atoms with E-state index >= 15 is 0 Å². The third kappa shape index (κ3) is 8.92. The predicted octanol–water partition coefficient (Wildman–Crippen LogP) is 4.65. The van der Waals surface area contributed by atoms with Gasteiger partial charge in [-0.15, -0.1) is 0 Å². The van der Waals surface area contributed by atoms with Crippen molar-refractivity contribution in [1.29, 1.82) is 0 Å². The molecule has 1 nitrogen and oxygen atoms in total. The first kappa shape index (κ1) is 15.0. The van der Waals surface area contributed by atoms with Gasteiger partial charge in [-0.25, -0.2) is 0 Å². The fourth-order valence-corrected chi connectivity index (χ4v) is 2.19. The van der Waals surface area contributed by atoms with Gasteiger partial charge in [-0.1, -0.05) is 40.0 Å². The molecular formula is C14H30O. The van der Waals surface area contributed by atoms with Crippen molar-refractivity contribution in [2.45, 2.75) is 72.8 Å². The van der Waals surface area contributed by atoms with Crippen LogP contribution in [0.5, 0.6) is 0 Å². The van der Waals surface area contributed by atoms with E-state index in [-0.39, 0.29) is 0 Å². The zero-order valence-corrected chi connectivity index (χ0v) is 11.4. The fourth-order valence-electron chi connectivity index (χ4n) is 2.19. The van der Waals surface area contributed by atoms with Crippen molar-refractivity contribution in [2.24, 2.45) is 11.8 Å². The summed E-state index contributed by atoms with van der Waals surface area (Å²) in [5.74, 6) is 1.64. The second-order valence-corrected chi connectivity index (χ2v) is 5.17. The molecule has 0 heterocycles. The molecule has 2 atom stereocenters. The van der Waals surface area contributed by atoms with Crippen LogP contribution in [0, 0.1) is 11.8 Å². The maximum absolute atomic E-state index is 5.74.